The molecular formula is C13H20N2O4S. The zero-order chi connectivity index (χ0) is 15.3. The molecule has 0 aromatic heterocycles. The molecule has 0 saturated carbocycles. The molecule has 0 aliphatic carbocycles. The third-order valence-electron chi connectivity index (χ3n) is 2.56. The van der Waals surface area contributed by atoms with E-state index in [1.54, 1.807) is 0 Å². The summed E-state index contributed by atoms with van der Waals surface area (Å²) in [6.45, 7) is 5.87. The SMILES string of the molecule is CC(C)CNC(=O)C(C)NS(=O)(=O)c1ccc(O)cc1. The molecule has 0 fully saturated rings. The van der Waals surface area contributed by atoms with Gasteiger partial charge in [0.25, 0.3) is 0 Å². The molecular weight excluding hydrogens is 280 g/mol. The fourth-order valence-electron chi connectivity index (χ4n) is 1.44. The molecule has 0 aliphatic heterocycles. The monoisotopic (exact) mass is 300 g/mol. The van der Waals surface area contributed by atoms with Crippen LogP contribution in [-0.2, 0) is 14.8 Å². The first-order valence-electron chi connectivity index (χ1n) is 6.31. The van der Waals surface area contributed by atoms with Crippen molar-refractivity contribution in [3.05, 3.63) is 24.3 Å². The van der Waals surface area contributed by atoms with E-state index in [1.807, 2.05) is 13.8 Å². The largest absolute Gasteiger partial charge is 0.508 e. The summed E-state index contributed by atoms with van der Waals surface area (Å²) >= 11 is 0. The topological polar surface area (TPSA) is 95.5 Å². The predicted octanol–water partition coefficient (Wildman–Crippen LogP) is 0.831. The lowest BCUT2D eigenvalue weighted by atomic mass is 10.2. The lowest BCUT2D eigenvalue weighted by molar-refractivity contribution is -0.122. The van der Waals surface area contributed by atoms with Crippen LogP contribution in [-0.4, -0.2) is 32.0 Å². The van der Waals surface area contributed by atoms with Crippen LogP contribution in [0.3, 0.4) is 0 Å². The van der Waals surface area contributed by atoms with Crippen molar-refractivity contribution in [3.63, 3.8) is 0 Å². The van der Waals surface area contributed by atoms with Crippen molar-refractivity contribution in [2.75, 3.05) is 6.54 Å². The summed E-state index contributed by atoms with van der Waals surface area (Å²) in [5.41, 5.74) is 0. The first-order chi connectivity index (χ1) is 9.22. The summed E-state index contributed by atoms with van der Waals surface area (Å²) in [5.74, 6) is -0.104. The van der Waals surface area contributed by atoms with Gasteiger partial charge in [-0.15, -0.1) is 0 Å². The smallest absolute Gasteiger partial charge is 0.241 e. The Hall–Kier alpha value is -1.60. The van der Waals surface area contributed by atoms with Gasteiger partial charge in [0.05, 0.1) is 10.9 Å². The van der Waals surface area contributed by atoms with Gasteiger partial charge in [-0.25, -0.2) is 8.42 Å². The Morgan fingerprint density at radius 1 is 1.20 bits per heavy atom. The molecule has 1 rings (SSSR count). The first-order valence-corrected chi connectivity index (χ1v) is 7.80. The van der Waals surface area contributed by atoms with Crippen molar-refractivity contribution in [2.45, 2.75) is 31.7 Å². The van der Waals surface area contributed by atoms with Gasteiger partial charge in [-0.2, -0.15) is 4.72 Å². The number of carbonyl (C=O) groups excluding carboxylic acids is 1. The Labute approximate surface area is 119 Å². The number of sulfonamides is 1. The average Bonchev–Trinajstić information content (AvgIpc) is 2.35. The molecule has 1 atom stereocenters. The second-order valence-electron chi connectivity index (χ2n) is 4.98. The van der Waals surface area contributed by atoms with Gasteiger partial charge in [0.2, 0.25) is 15.9 Å². The van der Waals surface area contributed by atoms with E-state index in [9.17, 15) is 13.2 Å². The quantitative estimate of drug-likeness (QED) is 0.725. The zero-order valence-electron chi connectivity index (χ0n) is 11.8. The highest BCUT2D eigenvalue weighted by molar-refractivity contribution is 7.89. The Bertz CT molecular complexity index is 552. The predicted molar refractivity (Wildman–Crippen MR) is 75.7 cm³/mol. The average molecular weight is 300 g/mol. The molecule has 0 radical (unpaired) electrons. The summed E-state index contributed by atoms with van der Waals surface area (Å²) in [6.07, 6.45) is 0. The highest BCUT2D eigenvalue weighted by Gasteiger charge is 2.21. The number of phenols is 1. The fraction of sp³-hybridized carbons (Fsp3) is 0.462. The normalized spacial score (nSPS) is 13.2. The summed E-state index contributed by atoms with van der Waals surface area (Å²) in [6, 6.07) is 4.23. The molecule has 0 bridgehead atoms. The van der Waals surface area contributed by atoms with Crippen LogP contribution in [0.2, 0.25) is 0 Å². The second-order valence-corrected chi connectivity index (χ2v) is 6.69. The van der Waals surface area contributed by atoms with Crippen molar-refractivity contribution in [1.82, 2.24) is 10.0 Å². The fourth-order valence-corrected chi connectivity index (χ4v) is 2.64. The summed E-state index contributed by atoms with van der Waals surface area (Å²) < 4.78 is 26.3. The molecule has 0 saturated heterocycles. The number of carbonyl (C=O) groups is 1. The van der Waals surface area contributed by atoms with Crippen LogP contribution < -0.4 is 10.0 Å². The Morgan fingerprint density at radius 2 is 1.75 bits per heavy atom. The van der Waals surface area contributed by atoms with Gasteiger partial charge < -0.3 is 10.4 Å². The number of hydrogen-bond acceptors (Lipinski definition) is 4. The van der Waals surface area contributed by atoms with E-state index in [4.69, 9.17) is 5.11 Å². The minimum atomic E-state index is -3.78. The summed E-state index contributed by atoms with van der Waals surface area (Å²) in [5, 5.41) is 11.8. The number of aromatic hydroxyl groups is 1. The Kier molecular flexibility index (Phi) is 5.52. The lowest BCUT2D eigenvalue weighted by Gasteiger charge is -2.15. The van der Waals surface area contributed by atoms with Gasteiger partial charge in [-0.3, -0.25) is 4.79 Å². The van der Waals surface area contributed by atoms with E-state index in [0.29, 0.717) is 12.5 Å². The number of phenolic OH excluding ortho intramolecular Hbond substituents is 1. The number of rotatable bonds is 6. The Morgan fingerprint density at radius 3 is 2.25 bits per heavy atom. The Balaban J connectivity index is 2.70. The molecule has 3 N–H and O–H groups in total. The van der Waals surface area contributed by atoms with Crippen molar-refractivity contribution in [2.24, 2.45) is 5.92 Å². The van der Waals surface area contributed by atoms with Gasteiger partial charge in [-0.1, -0.05) is 13.8 Å². The molecule has 112 valence electrons. The molecule has 0 aliphatic rings. The van der Waals surface area contributed by atoms with Gasteiger partial charge in [-0.05, 0) is 37.1 Å². The molecule has 1 amide bonds. The number of benzene rings is 1. The van der Waals surface area contributed by atoms with Gasteiger partial charge in [0.15, 0.2) is 0 Å². The number of hydrogen-bond donors (Lipinski definition) is 3. The molecule has 6 nitrogen and oxygen atoms in total. The molecule has 1 aromatic rings. The molecule has 1 unspecified atom stereocenters. The standard InChI is InChI=1S/C13H20N2O4S/c1-9(2)8-14-13(17)10(3)15-20(18,19)12-6-4-11(16)5-7-12/h4-7,9-10,15-16H,8H2,1-3H3,(H,14,17). The van der Waals surface area contributed by atoms with Crippen LogP contribution in [0.4, 0.5) is 0 Å². The van der Waals surface area contributed by atoms with Crippen molar-refractivity contribution in [3.8, 4) is 5.75 Å². The third kappa shape index (κ3) is 4.82. The number of amides is 1. The third-order valence-corrected chi connectivity index (χ3v) is 4.11. The van der Waals surface area contributed by atoms with E-state index in [-0.39, 0.29) is 16.6 Å². The van der Waals surface area contributed by atoms with Crippen LogP contribution in [0.5, 0.6) is 5.75 Å². The first kappa shape index (κ1) is 16.5. The van der Waals surface area contributed by atoms with Gasteiger partial charge >= 0.3 is 0 Å². The van der Waals surface area contributed by atoms with Crippen molar-refractivity contribution in [1.29, 1.82) is 0 Å². The van der Waals surface area contributed by atoms with Crippen molar-refractivity contribution >= 4 is 15.9 Å². The van der Waals surface area contributed by atoms with Crippen LogP contribution in [0.25, 0.3) is 0 Å². The lowest BCUT2D eigenvalue weighted by Crippen LogP contribution is -2.45. The maximum atomic E-state index is 12.0. The van der Waals surface area contributed by atoms with E-state index in [1.165, 1.54) is 31.2 Å². The van der Waals surface area contributed by atoms with E-state index < -0.39 is 16.1 Å². The van der Waals surface area contributed by atoms with Crippen molar-refractivity contribution < 1.29 is 18.3 Å². The van der Waals surface area contributed by atoms with E-state index in [0.717, 1.165) is 0 Å². The molecule has 1 aromatic carbocycles. The second kappa shape index (κ2) is 6.71. The maximum Gasteiger partial charge on any atom is 0.241 e. The minimum Gasteiger partial charge on any atom is -0.508 e. The number of nitrogens with one attached hydrogen (secondary N) is 2. The summed E-state index contributed by atoms with van der Waals surface area (Å²) in [4.78, 5) is 11.7. The van der Waals surface area contributed by atoms with E-state index in [2.05, 4.69) is 10.0 Å². The molecule has 0 spiro atoms. The minimum absolute atomic E-state index is 0.00110. The summed E-state index contributed by atoms with van der Waals surface area (Å²) in [7, 11) is -3.78. The van der Waals surface area contributed by atoms with Gasteiger partial charge in [0.1, 0.15) is 5.75 Å². The maximum absolute atomic E-state index is 12.0. The van der Waals surface area contributed by atoms with Crippen LogP contribution in [0, 0.1) is 5.92 Å². The highest BCUT2D eigenvalue weighted by atomic mass is 32.2. The van der Waals surface area contributed by atoms with Crippen LogP contribution in [0.1, 0.15) is 20.8 Å². The van der Waals surface area contributed by atoms with Crippen LogP contribution >= 0.6 is 0 Å². The zero-order valence-corrected chi connectivity index (χ0v) is 12.6. The van der Waals surface area contributed by atoms with Crippen LogP contribution in [0.15, 0.2) is 29.2 Å². The van der Waals surface area contributed by atoms with Gasteiger partial charge in [0, 0.05) is 6.54 Å². The molecule has 7 heteroatoms. The molecule has 0 heterocycles. The highest BCUT2D eigenvalue weighted by Crippen LogP contribution is 2.14. The molecule has 20 heavy (non-hydrogen) atoms. The van der Waals surface area contributed by atoms with E-state index >= 15 is 0 Å².